The fraction of sp³-hybridized carbons (Fsp3) is 0.630. The van der Waals surface area contributed by atoms with E-state index in [4.69, 9.17) is 9.47 Å². The predicted molar refractivity (Wildman–Crippen MR) is 140 cm³/mol. The van der Waals surface area contributed by atoms with Crippen molar-refractivity contribution in [2.24, 2.45) is 0 Å². The molecule has 0 aromatic heterocycles. The lowest BCUT2D eigenvalue weighted by molar-refractivity contribution is -0.143. The zero-order valence-corrected chi connectivity index (χ0v) is 22.7. The van der Waals surface area contributed by atoms with E-state index in [2.05, 4.69) is 16.0 Å². The van der Waals surface area contributed by atoms with Gasteiger partial charge in [0.15, 0.2) is 0 Å². The molecule has 214 valence electrons. The molecule has 4 rings (SSSR count). The van der Waals surface area contributed by atoms with Crippen LogP contribution < -0.4 is 20.7 Å². The topological polar surface area (TPSA) is 129 Å². The number of para-hydroxylation sites is 1. The van der Waals surface area contributed by atoms with E-state index < -0.39 is 42.4 Å². The Morgan fingerprint density at radius 2 is 1.85 bits per heavy atom. The maximum atomic E-state index is 13.9. The van der Waals surface area contributed by atoms with Crippen molar-refractivity contribution in [3.05, 3.63) is 29.8 Å². The normalized spacial score (nSPS) is 24.9. The third kappa shape index (κ3) is 6.90. The number of carbonyl (C=O) groups excluding carboxylic acids is 4. The molecule has 5 amide bonds. The van der Waals surface area contributed by atoms with E-state index in [9.17, 15) is 23.6 Å². The number of halogens is 1. The number of ether oxygens (including phenoxy) is 2. The van der Waals surface area contributed by atoms with Gasteiger partial charge in [0, 0.05) is 31.1 Å². The number of nitrogens with zero attached hydrogens (tertiary/aromatic N) is 2. The number of alkyl halides is 1. The Labute approximate surface area is 227 Å². The van der Waals surface area contributed by atoms with Crippen LogP contribution in [0.15, 0.2) is 24.3 Å². The summed E-state index contributed by atoms with van der Waals surface area (Å²) >= 11 is 0. The van der Waals surface area contributed by atoms with Crippen LogP contribution in [0.25, 0.3) is 0 Å². The molecule has 12 heteroatoms. The minimum Gasteiger partial charge on any atom is -0.493 e. The molecule has 1 aromatic rings. The second-order valence-corrected chi connectivity index (χ2v) is 11.1. The average Bonchev–Trinajstić information content (AvgIpc) is 3.30. The molecule has 3 aliphatic rings. The molecule has 2 fully saturated rings. The van der Waals surface area contributed by atoms with E-state index in [1.807, 2.05) is 24.3 Å². The van der Waals surface area contributed by atoms with E-state index in [1.165, 1.54) is 4.90 Å². The van der Waals surface area contributed by atoms with Crippen LogP contribution in [0.3, 0.4) is 0 Å². The molecule has 0 bridgehead atoms. The Kier molecular flexibility index (Phi) is 8.81. The highest BCUT2D eigenvalue weighted by atomic mass is 19.1. The van der Waals surface area contributed by atoms with Crippen molar-refractivity contribution < 1.29 is 33.0 Å². The summed E-state index contributed by atoms with van der Waals surface area (Å²) in [5, 5.41) is 8.20. The van der Waals surface area contributed by atoms with Crippen molar-refractivity contribution >= 4 is 23.9 Å². The first-order valence-electron chi connectivity index (χ1n) is 13.5. The van der Waals surface area contributed by atoms with E-state index >= 15 is 0 Å². The lowest BCUT2D eigenvalue weighted by Gasteiger charge is -2.39. The summed E-state index contributed by atoms with van der Waals surface area (Å²) in [6.07, 6.45) is 1.30. The Morgan fingerprint density at radius 1 is 1.08 bits per heavy atom. The summed E-state index contributed by atoms with van der Waals surface area (Å²) in [5.74, 6) is 0.00834. The predicted octanol–water partition coefficient (Wildman–Crippen LogP) is 2.26. The first kappa shape index (κ1) is 28.4. The van der Waals surface area contributed by atoms with Crippen molar-refractivity contribution in [2.75, 3.05) is 32.9 Å². The SMILES string of the molecule is CC(C)(C)OC(=O)N[C@H]1CN(C(=O)NCCF)CC[C@H]2CC[C@@H](C(=O)N[C@@H]3CCOc4ccccc43)N2C1=O. The van der Waals surface area contributed by atoms with Crippen LogP contribution in [0.1, 0.15) is 58.1 Å². The highest BCUT2D eigenvalue weighted by Crippen LogP contribution is 2.34. The molecule has 11 nitrogen and oxygen atoms in total. The van der Waals surface area contributed by atoms with Crippen molar-refractivity contribution in [3.8, 4) is 5.75 Å². The third-order valence-electron chi connectivity index (χ3n) is 7.12. The summed E-state index contributed by atoms with van der Waals surface area (Å²) in [6, 6.07) is 4.64. The molecule has 3 heterocycles. The summed E-state index contributed by atoms with van der Waals surface area (Å²) in [4.78, 5) is 55.8. The zero-order valence-electron chi connectivity index (χ0n) is 22.7. The van der Waals surface area contributed by atoms with Crippen LogP contribution in [0.5, 0.6) is 5.75 Å². The summed E-state index contributed by atoms with van der Waals surface area (Å²) < 4.78 is 23.7. The second kappa shape index (κ2) is 12.1. The Morgan fingerprint density at radius 3 is 2.59 bits per heavy atom. The first-order valence-corrected chi connectivity index (χ1v) is 13.5. The summed E-state index contributed by atoms with van der Waals surface area (Å²) in [6.45, 7) is 4.85. The lowest BCUT2D eigenvalue weighted by Crippen LogP contribution is -2.62. The highest BCUT2D eigenvalue weighted by Gasteiger charge is 2.46. The van der Waals surface area contributed by atoms with E-state index in [0.29, 0.717) is 32.3 Å². The molecule has 0 saturated carbocycles. The summed E-state index contributed by atoms with van der Waals surface area (Å²) in [5.41, 5.74) is 0.0935. The Hall–Kier alpha value is -3.57. The molecule has 3 aliphatic heterocycles. The fourth-order valence-corrected chi connectivity index (χ4v) is 5.40. The molecule has 4 atom stereocenters. The Balaban J connectivity index is 1.53. The second-order valence-electron chi connectivity index (χ2n) is 11.1. The van der Waals surface area contributed by atoms with Gasteiger partial charge in [0.05, 0.1) is 19.2 Å². The van der Waals surface area contributed by atoms with Gasteiger partial charge in [0.2, 0.25) is 11.8 Å². The number of hydrogen-bond acceptors (Lipinski definition) is 6. The van der Waals surface area contributed by atoms with Crippen LogP contribution in [-0.4, -0.2) is 90.4 Å². The number of fused-ring (bicyclic) bond motifs is 2. The molecular weight excluding hydrogens is 509 g/mol. The van der Waals surface area contributed by atoms with Crippen molar-refractivity contribution in [1.29, 1.82) is 0 Å². The number of benzene rings is 1. The molecular formula is C27H38FN5O6. The van der Waals surface area contributed by atoms with Crippen LogP contribution in [-0.2, 0) is 14.3 Å². The molecule has 3 N–H and O–H groups in total. The molecule has 1 aromatic carbocycles. The number of hydrogen-bond donors (Lipinski definition) is 3. The highest BCUT2D eigenvalue weighted by molar-refractivity contribution is 5.93. The van der Waals surface area contributed by atoms with Crippen LogP contribution in [0, 0.1) is 0 Å². The quantitative estimate of drug-likeness (QED) is 0.519. The van der Waals surface area contributed by atoms with Gasteiger partial charge >= 0.3 is 12.1 Å². The number of amides is 5. The number of nitrogens with one attached hydrogen (secondary N) is 3. The number of rotatable bonds is 5. The maximum absolute atomic E-state index is 13.9. The first-order chi connectivity index (χ1) is 18.6. The Bertz CT molecular complexity index is 1080. The van der Waals surface area contributed by atoms with Crippen LogP contribution >= 0.6 is 0 Å². The van der Waals surface area contributed by atoms with Crippen molar-refractivity contribution in [3.63, 3.8) is 0 Å². The molecule has 0 spiro atoms. The maximum Gasteiger partial charge on any atom is 0.408 e. The van der Waals surface area contributed by atoms with E-state index in [0.717, 1.165) is 11.3 Å². The number of urea groups is 1. The standard InChI is InChI=1S/C27H38FN5O6/c1-27(2,3)39-26(37)31-20-16-32(25(36)29-13-12-28)14-10-17-8-9-21(33(17)24(20)35)23(34)30-19-11-15-38-22-7-5-4-6-18(19)22/h4-7,17,19-21H,8-16H2,1-3H3,(H,29,36)(H,30,34)(H,31,37)/t17-,19-,20+,21+/m1/s1. The van der Waals surface area contributed by atoms with Crippen LogP contribution in [0.2, 0.25) is 0 Å². The minimum absolute atomic E-state index is 0.138. The third-order valence-corrected chi connectivity index (χ3v) is 7.12. The molecule has 0 radical (unpaired) electrons. The van der Waals surface area contributed by atoms with Gasteiger partial charge in [-0.05, 0) is 46.1 Å². The summed E-state index contributed by atoms with van der Waals surface area (Å²) in [7, 11) is 0. The van der Waals surface area contributed by atoms with Crippen LogP contribution in [0.4, 0.5) is 14.0 Å². The zero-order chi connectivity index (χ0) is 28.2. The van der Waals surface area contributed by atoms with Gasteiger partial charge < -0.3 is 35.2 Å². The monoisotopic (exact) mass is 547 g/mol. The van der Waals surface area contributed by atoms with Gasteiger partial charge in [-0.2, -0.15) is 0 Å². The molecule has 2 saturated heterocycles. The van der Waals surface area contributed by atoms with E-state index in [1.54, 1.807) is 25.7 Å². The van der Waals surface area contributed by atoms with Gasteiger partial charge in [0.25, 0.3) is 0 Å². The van der Waals surface area contributed by atoms with E-state index in [-0.39, 0.29) is 37.6 Å². The van der Waals surface area contributed by atoms with Gasteiger partial charge in [-0.3, -0.25) is 9.59 Å². The van der Waals surface area contributed by atoms with Gasteiger partial charge in [-0.25, -0.2) is 14.0 Å². The average molecular weight is 548 g/mol. The smallest absolute Gasteiger partial charge is 0.408 e. The van der Waals surface area contributed by atoms with Gasteiger partial charge in [-0.15, -0.1) is 0 Å². The molecule has 0 unspecified atom stereocenters. The molecule has 0 aliphatic carbocycles. The van der Waals surface area contributed by atoms with Gasteiger partial charge in [0.1, 0.15) is 30.1 Å². The minimum atomic E-state index is -1.14. The largest absolute Gasteiger partial charge is 0.493 e. The van der Waals surface area contributed by atoms with Crippen molar-refractivity contribution in [1.82, 2.24) is 25.8 Å². The number of alkyl carbamates (subject to hydrolysis) is 1. The molecule has 39 heavy (non-hydrogen) atoms. The van der Waals surface area contributed by atoms with Gasteiger partial charge in [-0.1, -0.05) is 18.2 Å². The lowest BCUT2D eigenvalue weighted by atomic mass is 10.00. The van der Waals surface area contributed by atoms with Crippen molar-refractivity contribution in [2.45, 2.75) is 76.2 Å². The fourth-order valence-electron chi connectivity index (χ4n) is 5.40. The number of carbonyl (C=O) groups is 4.